The van der Waals surface area contributed by atoms with E-state index in [1.807, 2.05) is 54.8 Å². The second kappa shape index (κ2) is 9.39. The van der Waals surface area contributed by atoms with Crippen molar-refractivity contribution in [2.24, 2.45) is 0 Å². The van der Waals surface area contributed by atoms with Crippen molar-refractivity contribution in [1.82, 2.24) is 4.98 Å². The van der Waals surface area contributed by atoms with E-state index in [0.717, 1.165) is 16.8 Å². The van der Waals surface area contributed by atoms with Crippen LogP contribution in [0.1, 0.15) is 12.5 Å². The molecule has 0 atom stereocenters. The van der Waals surface area contributed by atoms with E-state index < -0.39 is 0 Å². The highest BCUT2D eigenvalue weighted by atomic mass is 35.5. The Morgan fingerprint density at radius 3 is 2.82 bits per heavy atom. The second-order valence-corrected chi connectivity index (χ2v) is 6.95. The molecule has 0 aliphatic carbocycles. The van der Waals surface area contributed by atoms with Gasteiger partial charge in [0, 0.05) is 22.0 Å². The Morgan fingerprint density at radius 2 is 2.07 bits per heavy atom. The maximum Gasteiger partial charge on any atom is 0.250 e. The molecular weight excluding hydrogens is 396 g/mol. The Labute approximate surface area is 172 Å². The Balaban J connectivity index is 1.67. The zero-order valence-corrected chi connectivity index (χ0v) is 17.0. The number of nitrogens with zero attached hydrogens (tertiary/aromatic N) is 1. The predicted molar refractivity (Wildman–Crippen MR) is 114 cm³/mol. The van der Waals surface area contributed by atoms with Crippen LogP contribution in [0.3, 0.4) is 0 Å². The average molecular weight is 415 g/mol. The van der Waals surface area contributed by atoms with Gasteiger partial charge in [-0.3, -0.25) is 10.1 Å². The predicted octanol–water partition coefficient (Wildman–Crippen LogP) is 5.52. The molecule has 0 spiro atoms. The second-order valence-electron chi connectivity index (χ2n) is 5.68. The Kier molecular flexibility index (Phi) is 6.68. The van der Waals surface area contributed by atoms with Gasteiger partial charge in [-0.25, -0.2) is 4.98 Å². The lowest BCUT2D eigenvalue weighted by molar-refractivity contribution is -0.111. The number of nitrogens with one attached hydrogen (secondary N) is 1. The Morgan fingerprint density at radius 1 is 1.25 bits per heavy atom. The number of amides is 1. The molecule has 1 aromatic heterocycles. The summed E-state index contributed by atoms with van der Waals surface area (Å²) in [5.74, 6) is 1.02. The molecule has 1 N–H and O–H groups in total. The largest absolute Gasteiger partial charge is 0.493 e. The number of aromatic nitrogens is 1. The zero-order valence-electron chi connectivity index (χ0n) is 15.4. The maximum absolute atomic E-state index is 12.2. The summed E-state index contributed by atoms with van der Waals surface area (Å²) in [5.41, 5.74) is 2.38. The van der Waals surface area contributed by atoms with Gasteiger partial charge in [0.2, 0.25) is 5.91 Å². The highest BCUT2D eigenvalue weighted by molar-refractivity contribution is 7.14. The number of anilines is 1. The van der Waals surface area contributed by atoms with Crippen LogP contribution in [0, 0.1) is 0 Å². The summed E-state index contributed by atoms with van der Waals surface area (Å²) in [6.45, 7) is 2.46. The summed E-state index contributed by atoms with van der Waals surface area (Å²) >= 11 is 7.54. The minimum atomic E-state index is -0.270. The minimum absolute atomic E-state index is 0.270. The van der Waals surface area contributed by atoms with Crippen molar-refractivity contribution in [3.63, 3.8) is 0 Å². The molecule has 144 valence electrons. The van der Waals surface area contributed by atoms with Crippen LogP contribution in [0.5, 0.6) is 11.5 Å². The number of hydrogen-bond acceptors (Lipinski definition) is 5. The van der Waals surface area contributed by atoms with E-state index in [9.17, 15) is 4.79 Å². The summed E-state index contributed by atoms with van der Waals surface area (Å²) < 4.78 is 10.8. The van der Waals surface area contributed by atoms with Gasteiger partial charge < -0.3 is 9.47 Å². The standard InChI is InChI=1S/C21H19ClN2O3S/c1-3-27-18-10-8-14(12-19(18)26-2)9-11-20(25)24-21-23-17(13-28-21)15-6-4-5-7-16(15)22/h4-13H,3H2,1-2H3,(H,23,24,25)/b11-9+. The van der Waals surface area contributed by atoms with Crippen LogP contribution in [0.25, 0.3) is 17.3 Å². The van der Waals surface area contributed by atoms with Gasteiger partial charge in [-0.2, -0.15) is 0 Å². The normalized spacial score (nSPS) is 10.8. The molecule has 0 saturated heterocycles. The van der Waals surface area contributed by atoms with E-state index in [2.05, 4.69) is 10.3 Å². The van der Waals surface area contributed by atoms with Gasteiger partial charge in [0.1, 0.15) is 0 Å². The van der Waals surface area contributed by atoms with E-state index in [0.29, 0.717) is 28.3 Å². The topological polar surface area (TPSA) is 60.5 Å². The summed E-state index contributed by atoms with van der Waals surface area (Å²) in [6.07, 6.45) is 3.15. The third-order valence-corrected chi connectivity index (χ3v) is 4.89. The van der Waals surface area contributed by atoms with Crippen LogP contribution in [-0.4, -0.2) is 24.6 Å². The fourth-order valence-electron chi connectivity index (χ4n) is 2.51. The molecule has 0 saturated carbocycles. The number of rotatable bonds is 7. The van der Waals surface area contributed by atoms with E-state index in [1.54, 1.807) is 13.2 Å². The molecule has 0 unspecified atom stereocenters. The first-order chi connectivity index (χ1) is 13.6. The fourth-order valence-corrected chi connectivity index (χ4v) is 3.45. The first kappa shape index (κ1) is 19.9. The summed E-state index contributed by atoms with van der Waals surface area (Å²) in [7, 11) is 1.58. The van der Waals surface area contributed by atoms with Crippen molar-refractivity contribution in [1.29, 1.82) is 0 Å². The van der Waals surface area contributed by atoms with Crippen molar-refractivity contribution < 1.29 is 14.3 Å². The molecule has 1 amide bonds. The van der Waals surface area contributed by atoms with Gasteiger partial charge in [0.05, 0.1) is 19.4 Å². The van der Waals surface area contributed by atoms with Crippen LogP contribution < -0.4 is 14.8 Å². The molecular formula is C21H19ClN2O3S. The quantitative estimate of drug-likeness (QED) is 0.517. The lowest BCUT2D eigenvalue weighted by atomic mass is 10.2. The van der Waals surface area contributed by atoms with Crippen LogP contribution in [-0.2, 0) is 4.79 Å². The van der Waals surface area contributed by atoms with Gasteiger partial charge in [-0.05, 0) is 36.8 Å². The number of carbonyl (C=O) groups is 1. The van der Waals surface area contributed by atoms with Gasteiger partial charge in [-0.1, -0.05) is 35.9 Å². The molecule has 0 radical (unpaired) electrons. The minimum Gasteiger partial charge on any atom is -0.493 e. The molecule has 5 nitrogen and oxygen atoms in total. The molecule has 0 aliphatic heterocycles. The average Bonchev–Trinajstić information content (AvgIpc) is 3.15. The van der Waals surface area contributed by atoms with Gasteiger partial charge in [-0.15, -0.1) is 11.3 Å². The van der Waals surface area contributed by atoms with Crippen LogP contribution in [0.4, 0.5) is 5.13 Å². The summed E-state index contributed by atoms with van der Waals surface area (Å²) in [6, 6.07) is 12.9. The van der Waals surface area contributed by atoms with Crippen molar-refractivity contribution in [3.8, 4) is 22.8 Å². The molecule has 1 heterocycles. The van der Waals surface area contributed by atoms with Crippen molar-refractivity contribution in [2.75, 3.05) is 19.0 Å². The molecule has 0 aliphatic rings. The fraction of sp³-hybridized carbons (Fsp3) is 0.143. The number of benzene rings is 2. The third kappa shape index (κ3) is 4.91. The van der Waals surface area contributed by atoms with Crippen LogP contribution in [0.2, 0.25) is 5.02 Å². The molecule has 0 bridgehead atoms. The zero-order chi connectivity index (χ0) is 19.9. The van der Waals surface area contributed by atoms with Gasteiger partial charge in [0.25, 0.3) is 0 Å². The molecule has 28 heavy (non-hydrogen) atoms. The number of methoxy groups -OCH3 is 1. The first-order valence-corrected chi connectivity index (χ1v) is 9.86. The van der Waals surface area contributed by atoms with E-state index in [-0.39, 0.29) is 5.91 Å². The van der Waals surface area contributed by atoms with Crippen molar-refractivity contribution in [3.05, 3.63) is 64.5 Å². The van der Waals surface area contributed by atoms with Gasteiger partial charge >= 0.3 is 0 Å². The molecule has 2 aromatic carbocycles. The van der Waals surface area contributed by atoms with Gasteiger partial charge in [0.15, 0.2) is 16.6 Å². The highest BCUT2D eigenvalue weighted by Crippen LogP contribution is 2.30. The van der Waals surface area contributed by atoms with Crippen molar-refractivity contribution >= 4 is 40.1 Å². The number of thiazole rings is 1. The number of carbonyl (C=O) groups excluding carboxylic acids is 1. The van der Waals surface area contributed by atoms with E-state index >= 15 is 0 Å². The maximum atomic E-state index is 12.2. The lowest BCUT2D eigenvalue weighted by Gasteiger charge is -2.09. The van der Waals surface area contributed by atoms with Crippen LogP contribution >= 0.6 is 22.9 Å². The van der Waals surface area contributed by atoms with Crippen LogP contribution in [0.15, 0.2) is 53.9 Å². The molecule has 7 heteroatoms. The molecule has 3 aromatic rings. The number of halogens is 1. The molecule has 3 rings (SSSR count). The monoisotopic (exact) mass is 414 g/mol. The van der Waals surface area contributed by atoms with E-state index in [4.69, 9.17) is 21.1 Å². The van der Waals surface area contributed by atoms with Crippen molar-refractivity contribution in [2.45, 2.75) is 6.92 Å². The van der Waals surface area contributed by atoms with E-state index in [1.165, 1.54) is 17.4 Å². The molecule has 0 fully saturated rings. The number of hydrogen-bond donors (Lipinski definition) is 1. The third-order valence-electron chi connectivity index (χ3n) is 3.80. The SMILES string of the molecule is CCOc1ccc(/C=C/C(=O)Nc2nc(-c3ccccc3Cl)cs2)cc1OC. The Hall–Kier alpha value is -2.83. The first-order valence-electron chi connectivity index (χ1n) is 8.61. The summed E-state index contributed by atoms with van der Waals surface area (Å²) in [5, 5.41) is 5.75. The highest BCUT2D eigenvalue weighted by Gasteiger charge is 2.09. The Bertz CT molecular complexity index is 1000. The lowest BCUT2D eigenvalue weighted by Crippen LogP contribution is -2.07. The summed E-state index contributed by atoms with van der Waals surface area (Å²) in [4.78, 5) is 16.6. The number of ether oxygens (including phenoxy) is 2. The smallest absolute Gasteiger partial charge is 0.250 e.